The molecule has 8 nitrogen and oxygen atoms in total. The Balaban J connectivity index is 1.21. The molecule has 4 aliphatic heterocycles. The molecule has 4 heterocycles. The van der Waals surface area contributed by atoms with Crippen molar-refractivity contribution >= 4 is 23.4 Å². The van der Waals surface area contributed by atoms with Crippen LogP contribution in [0.15, 0.2) is 18.2 Å². The van der Waals surface area contributed by atoms with E-state index in [1.165, 1.54) is 19.4 Å². The predicted molar refractivity (Wildman–Crippen MR) is 117 cm³/mol. The summed E-state index contributed by atoms with van der Waals surface area (Å²) >= 11 is 0. The molecule has 3 fully saturated rings. The first-order chi connectivity index (χ1) is 15.1. The lowest BCUT2D eigenvalue weighted by Crippen LogP contribution is -2.52. The summed E-state index contributed by atoms with van der Waals surface area (Å²) in [5.74, 6) is 0.0920. The molecule has 31 heavy (non-hydrogen) atoms. The van der Waals surface area contributed by atoms with Gasteiger partial charge in [-0.25, -0.2) is 0 Å². The van der Waals surface area contributed by atoms with E-state index in [0.717, 1.165) is 56.4 Å². The van der Waals surface area contributed by atoms with E-state index in [1.807, 2.05) is 12.1 Å². The van der Waals surface area contributed by atoms with Gasteiger partial charge in [0, 0.05) is 56.9 Å². The van der Waals surface area contributed by atoms with Crippen LogP contribution in [0, 0.1) is 5.92 Å². The fourth-order valence-electron chi connectivity index (χ4n) is 5.38. The smallest absolute Gasteiger partial charge is 0.255 e. The van der Waals surface area contributed by atoms with E-state index >= 15 is 0 Å². The molecule has 2 N–H and O–H groups in total. The highest BCUT2D eigenvalue weighted by Gasteiger charge is 2.39. The molecule has 0 bridgehead atoms. The SMILES string of the molecule is O=C1CCC(N2Cc3cc(N4CCN(CC5CCNCC5)CC4)ccc3C2=O)C(=O)N1. The summed E-state index contributed by atoms with van der Waals surface area (Å²) in [5.41, 5.74) is 2.81. The average molecular weight is 426 g/mol. The molecule has 5 rings (SSSR count). The van der Waals surface area contributed by atoms with E-state index in [0.29, 0.717) is 18.5 Å². The van der Waals surface area contributed by atoms with Crippen molar-refractivity contribution in [2.45, 2.75) is 38.3 Å². The number of anilines is 1. The minimum Gasteiger partial charge on any atom is -0.369 e. The summed E-state index contributed by atoms with van der Waals surface area (Å²) in [6, 6.07) is 5.49. The molecule has 0 aliphatic carbocycles. The zero-order valence-electron chi connectivity index (χ0n) is 17.9. The fraction of sp³-hybridized carbons (Fsp3) is 0.609. The normalized spacial score (nSPS) is 25.7. The number of piperidine rings is 2. The summed E-state index contributed by atoms with van der Waals surface area (Å²) in [7, 11) is 0. The monoisotopic (exact) mass is 425 g/mol. The molecule has 0 aromatic heterocycles. The van der Waals surface area contributed by atoms with E-state index in [9.17, 15) is 14.4 Å². The summed E-state index contributed by atoms with van der Waals surface area (Å²) in [4.78, 5) is 43.2. The van der Waals surface area contributed by atoms with Crippen LogP contribution in [0.4, 0.5) is 5.69 Å². The van der Waals surface area contributed by atoms with Crippen LogP contribution in [-0.4, -0.2) is 79.4 Å². The molecule has 0 spiro atoms. The Kier molecular flexibility index (Phi) is 5.67. The standard InChI is InChI=1S/C23H31N5O3/c29-21-4-3-20(22(30)25-21)28-15-17-13-18(1-2-19(17)23(28)31)27-11-9-26(10-12-27)14-16-5-7-24-8-6-16/h1-2,13,16,20,24H,3-12,14-15H2,(H,25,29,30). The fourth-order valence-corrected chi connectivity index (χ4v) is 5.38. The van der Waals surface area contributed by atoms with Gasteiger partial charge in [-0.1, -0.05) is 0 Å². The number of carbonyl (C=O) groups is 3. The Labute approximate surface area is 182 Å². The van der Waals surface area contributed by atoms with Crippen LogP contribution in [0.2, 0.25) is 0 Å². The molecule has 3 saturated heterocycles. The molecule has 1 aromatic carbocycles. The first-order valence-electron chi connectivity index (χ1n) is 11.5. The van der Waals surface area contributed by atoms with Gasteiger partial charge in [-0.05, 0) is 62.0 Å². The topological polar surface area (TPSA) is 85.0 Å². The Morgan fingerprint density at radius 2 is 1.74 bits per heavy atom. The molecular formula is C23H31N5O3. The van der Waals surface area contributed by atoms with Gasteiger partial charge in [-0.3, -0.25) is 24.6 Å². The van der Waals surface area contributed by atoms with Gasteiger partial charge < -0.3 is 15.1 Å². The van der Waals surface area contributed by atoms with Crippen LogP contribution in [0.5, 0.6) is 0 Å². The number of hydrogen-bond acceptors (Lipinski definition) is 6. The molecule has 8 heteroatoms. The number of hydrogen-bond donors (Lipinski definition) is 2. The van der Waals surface area contributed by atoms with Crippen LogP contribution >= 0.6 is 0 Å². The highest BCUT2D eigenvalue weighted by molar-refractivity contribution is 6.05. The van der Waals surface area contributed by atoms with Crippen molar-refractivity contribution in [2.75, 3.05) is 50.7 Å². The maximum absolute atomic E-state index is 12.9. The highest BCUT2D eigenvalue weighted by Crippen LogP contribution is 2.31. The lowest BCUT2D eigenvalue weighted by molar-refractivity contribution is -0.136. The van der Waals surface area contributed by atoms with Gasteiger partial charge in [0.1, 0.15) is 6.04 Å². The summed E-state index contributed by atoms with van der Waals surface area (Å²) in [6.07, 6.45) is 3.24. The molecule has 4 aliphatic rings. The van der Waals surface area contributed by atoms with Gasteiger partial charge in [0.05, 0.1) is 0 Å². The maximum atomic E-state index is 12.9. The van der Waals surface area contributed by atoms with E-state index in [-0.39, 0.29) is 24.1 Å². The largest absolute Gasteiger partial charge is 0.369 e. The van der Waals surface area contributed by atoms with Crippen molar-refractivity contribution in [3.05, 3.63) is 29.3 Å². The summed E-state index contributed by atoms with van der Waals surface area (Å²) in [5, 5.41) is 5.80. The third-order valence-electron chi connectivity index (χ3n) is 7.22. The predicted octanol–water partition coefficient (Wildman–Crippen LogP) is 0.569. The van der Waals surface area contributed by atoms with E-state index in [1.54, 1.807) is 4.90 Å². The van der Waals surface area contributed by atoms with Gasteiger partial charge in [0.25, 0.3) is 5.91 Å². The first-order valence-corrected chi connectivity index (χ1v) is 11.5. The third kappa shape index (κ3) is 4.19. The van der Waals surface area contributed by atoms with Crippen LogP contribution in [-0.2, 0) is 16.1 Å². The number of imide groups is 1. The Bertz CT molecular complexity index is 874. The molecule has 0 saturated carbocycles. The number of nitrogens with one attached hydrogen (secondary N) is 2. The van der Waals surface area contributed by atoms with Gasteiger partial charge in [-0.2, -0.15) is 0 Å². The van der Waals surface area contributed by atoms with Crippen molar-refractivity contribution in [1.29, 1.82) is 0 Å². The van der Waals surface area contributed by atoms with Crippen molar-refractivity contribution in [3.8, 4) is 0 Å². The number of fused-ring (bicyclic) bond motifs is 1. The Hall–Kier alpha value is -2.45. The number of nitrogens with zero attached hydrogens (tertiary/aromatic N) is 3. The lowest BCUT2D eigenvalue weighted by Gasteiger charge is -2.38. The first kappa shape index (κ1) is 20.5. The maximum Gasteiger partial charge on any atom is 0.255 e. The second-order valence-corrected chi connectivity index (χ2v) is 9.22. The summed E-state index contributed by atoms with van der Waals surface area (Å²) in [6.45, 7) is 8.07. The Morgan fingerprint density at radius 1 is 0.968 bits per heavy atom. The zero-order chi connectivity index (χ0) is 21.4. The molecule has 1 unspecified atom stereocenters. The molecule has 166 valence electrons. The number of amides is 3. The molecule has 3 amide bonds. The number of piperazine rings is 1. The highest BCUT2D eigenvalue weighted by atomic mass is 16.2. The number of carbonyl (C=O) groups excluding carboxylic acids is 3. The molecule has 0 radical (unpaired) electrons. The van der Waals surface area contributed by atoms with Crippen LogP contribution < -0.4 is 15.5 Å². The van der Waals surface area contributed by atoms with Gasteiger partial charge in [0.15, 0.2) is 0 Å². The average Bonchev–Trinajstić information content (AvgIpc) is 3.10. The van der Waals surface area contributed by atoms with Crippen LogP contribution in [0.1, 0.15) is 41.6 Å². The number of rotatable bonds is 4. The second-order valence-electron chi connectivity index (χ2n) is 9.22. The van der Waals surface area contributed by atoms with Crippen molar-refractivity contribution in [1.82, 2.24) is 20.4 Å². The molecule has 1 aromatic rings. The van der Waals surface area contributed by atoms with Gasteiger partial charge in [0.2, 0.25) is 11.8 Å². The minimum absolute atomic E-state index is 0.108. The zero-order valence-corrected chi connectivity index (χ0v) is 17.9. The van der Waals surface area contributed by atoms with Crippen molar-refractivity contribution in [2.24, 2.45) is 5.92 Å². The van der Waals surface area contributed by atoms with Gasteiger partial charge >= 0.3 is 0 Å². The Morgan fingerprint density at radius 3 is 2.48 bits per heavy atom. The lowest BCUT2D eigenvalue weighted by atomic mass is 9.97. The van der Waals surface area contributed by atoms with E-state index in [2.05, 4.69) is 26.5 Å². The number of benzene rings is 1. The molecule has 1 atom stereocenters. The van der Waals surface area contributed by atoms with Crippen molar-refractivity contribution in [3.63, 3.8) is 0 Å². The van der Waals surface area contributed by atoms with Crippen LogP contribution in [0.3, 0.4) is 0 Å². The summed E-state index contributed by atoms with van der Waals surface area (Å²) < 4.78 is 0. The quantitative estimate of drug-likeness (QED) is 0.686. The van der Waals surface area contributed by atoms with Crippen molar-refractivity contribution < 1.29 is 14.4 Å². The second kappa shape index (κ2) is 8.59. The van der Waals surface area contributed by atoms with E-state index < -0.39 is 6.04 Å². The van der Waals surface area contributed by atoms with E-state index in [4.69, 9.17) is 0 Å². The third-order valence-corrected chi connectivity index (χ3v) is 7.22. The molecular weight excluding hydrogens is 394 g/mol. The van der Waals surface area contributed by atoms with Crippen LogP contribution in [0.25, 0.3) is 0 Å². The minimum atomic E-state index is -0.556. The van der Waals surface area contributed by atoms with Gasteiger partial charge in [-0.15, -0.1) is 0 Å².